The van der Waals surface area contributed by atoms with E-state index in [1.54, 1.807) is 25.1 Å². The molecule has 0 radical (unpaired) electrons. The molecule has 1 N–H and O–H groups in total. The van der Waals surface area contributed by atoms with E-state index in [2.05, 4.69) is 5.32 Å². The highest BCUT2D eigenvalue weighted by Gasteiger charge is 2.11. The zero-order valence-corrected chi connectivity index (χ0v) is 10.8. The lowest BCUT2D eigenvalue weighted by Gasteiger charge is -2.09. The van der Waals surface area contributed by atoms with Gasteiger partial charge >= 0.3 is 0 Å². The first-order chi connectivity index (χ1) is 8.99. The van der Waals surface area contributed by atoms with Gasteiger partial charge in [0.25, 0.3) is 5.91 Å². The summed E-state index contributed by atoms with van der Waals surface area (Å²) in [5.74, 6) is -2.57. The van der Waals surface area contributed by atoms with Crippen LogP contribution >= 0.6 is 11.6 Å². The van der Waals surface area contributed by atoms with Crippen molar-refractivity contribution in [2.45, 2.75) is 6.92 Å². The van der Waals surface area contributed by atoms with Crippen molar-refractivity contribution >= 4 is 23.2 Å². The van der Waals surface area contributed by atoms with Crippen molar-refractivity contribution < 1.29 is 13.6 Å². The summed E-state index contributed by atoms with van der Waals surface area (Å²) in [7, 11) is 0. The van der Waals surface area contributed by atoms with Gasteiger partial charge in [0, 0.05) is 16.3 Å². The summed E-state index contributed by atoms with van der Waals surface area (Å²) in [5, 5.41) is 3.12. The van der Waals surface area contributed by atoms with Crippen LogP contribution in [0.15, 0.2) is 36.4 Å². The largest absolute Gasteiger partial charge is 0.322 e. The van der Waals surface area contributed by atoms with Gasteiger partial charge in [0.05, 0.1) is 0 Å². The van der Waals surface area contributed by atoms with Gasteiger partial charge in [0.1, 0.15) is 0 Å². The summed E-state index contributed by atoms with van der Waals surface area (Å²) in [6, 6.07) is 8.05. The van der Waals surface area contributed by atoms with Crippen LogP contribution in [0.1, 0.15) is 15.9 Å². The zero-order chi connectivity index (χ0) is 14.0. The van der Waals surface area contributed by atoms with E-state index in [9.17, 15) is 13.6 Å². The van der Waals surface area contributed by atoms with Gasteiger partial charge in [-0.3, -0.25) is 4.79 Å². The third kappa shape index (κ3) is 2.90. The first-order valence-electron chi connectivity index (χ1n) is 5.50. The van der Waals surface area contributed by atoms with Crippen LogP contribution in [0.2, 0.25) is 5.02 Å². The van der Waals surface area contributed by atoms with Crippen LogP contribution in [-0.2, 0) is 0 Å². The molecule has 0 aliphatic rings. The van der Waals surface area contributed by atoms with Crippen LogP contribution in [0, 0.1) is 18.6 Å². The van der Waals surface area contributed by atoms with Crippen molar-refractivity contribution in [3.63, 3.8) is 0 Å². The zero-order valence-electron chi connectivity index (χ0n) is 10.0. The third-order valence-electron chi connectivity index (χ3n) is 2.70. The van der Waals surface area contributed by atoms with E-state index in [-0.39, 0.29) is 5.56 Å². The summed E-state index contributed by atoms with van der Waals surface area (Å²) in [5.41, 5.74) is 1.28. The van der Waals surface area contributed by atoms with Gasteiger partial charge in [0.15, 0.2) is 11.6 Å². The van der Waals surface area contributed by atoms with E-state index >= 15 is 0 Å². The molecule has 0 bridgehead atoms. The van der Waals surface area contributed by atoms with Gasteiger partial charge in [-0.05, 0) is 42.8 Å². The summed E-state index contributed by atoms with van der Waals surface area (Å²) < 4.78 is 25.8. The predicted molar refractivity (Wildman–Crippen MR) is 70.5 cm³/mol. The second kappa shape index (κ2) is 5.36. The van der Waals surface area contributed by atoms with Crippen LogP contribution in [-0.4, -0.2) is 5.91 Å². The molecular weight excluding hydrogens is 272 g/mol. The Balaban J connectivity index is 2.26. The van der Waals surface area contributed by atoms with Crippen molar-refractivity contribution in [3.05, 3.63) is 64.2 Å². The lowest BCUT2D eigenvalue weighted by atomic mass is 10.1. The van der Waals surface area contributed by atoms with E-state index < -0.39 is 17.5 Å². The molecule has 0 aliphatic heterocycles. The Morgan fingerprint density at radius 1 is 1.16 bits per heavy atom. The molecule has 0 atom stereocenters. The molecule has 0 heterocycles. The monoisotopic (exact) mass is 281 g/mol. The third-order valence-corrected chi connectivity index (χ3v) is 3.11. The molecule has 0 unspecified atom stereocenters. The van der Waals surface area contributed by atoms with Crippen LogP contribution in [0.4, 0.5) is 14.5 Å². The fourth-order valence-electron chi connectivity index (χ4n) is 1.57. The van der Waals surface area contributed by atoms with E-state index in [1.165, 1.54) is 6.07 Å². The average molecular weight is 282 g/mol. The number of anilines is 1. The predicted octanol–water partition coefficient (Wildman–Crippen LogP) is 4.18. The lowest BCUT2D eigenvalue weighted by Crippen LogP contribution is -2.13. The summed E-state index contributed by atoms with van der Waals surface area (Å²) >= 11 is 5.93. The van der Waals surface area contributed by atoms with E-state index in [0.717, 1.165) is 12.1 Å². The van der Waals surface area contributed by atoms with Gasteiger partial charge < -0.3 is 5.32 Å². The molecule has 19 heavy (non-hydrogen) atoms. The fourth-order valence-corrected chi connectivity index (χ4v) is 1.75. The maximum atomic E-state index is 13.0. The van der Waals surface area contributed by atoms with Gasteiger partial charge in [-0.15, -0.1) is 0 Å². The molecule has 2 rings (SSSR count). The van der Waals surface area contributed by atoms with Crippen LogP contribution in [0.5, 0.6) is 0 Å². The minimum Gasteiger partial charge on any atom is -0.322 e. The summed E-state index contributed by atoms with van der Waals surface area (Å²) in [4.78, 5) is 11.9. The Bertz CT molecular complexity index is 643. The Morgan fingerprint density at radius 2 is 1.89 bits per heavy atom. The summed E-state index contributed by atoms with van der Waals surface area (Å²) in [6.45, 7) is 1.75. The molecule has 0 saturated carbocycles. The molecule has 0 aromatic heterocycles. The topological polar surface area (TPSA) is 29.1 Å². The Labute approximate surface area is 114 Å². The standard InChI is InChI=1S/C14H10ClF2NO/c1-8-10(15)3-2-4-13(8)18-14(19)9-5-6-11(16)12(17)7-9/h2-7H,1H3,(H,18,19). The second-order valence-corrected chi connectivity index (χ2v) is 4.40. The molecule has 2 nitrogen and oxygen atoms in total. The molecule has 1 amide bonds. The van der Waals surface area contributed by atoms with Crippen LogP contribution in [0.25, 0.3) is 0 Å². The average Bonchev–Trinajstić information content (AvgIpc) is 2.38. The van der Waals surface area contributed by atoms with E-state index in [1.807, 2.05) is 0 Å². The Morgan fingerprint density at radius 3 is 2.58 bits per heavy atom. The number of carbonyl (C=O) groups excluding carboxylic acids is 1. The first-order valence-corrected chi connectivity index (χ1v) is 5.88. The molecule has 98 valence electrons. The molecule has 5 heteroatoms. The number of halogens is 3. The maximum absolute atomic E-state index is 13.0. The molecule has 0 fully saturated rings. The number of carbonyl (C=O) groups is 1. The maximum Gasteiger partial charge on any atom is 0.255 e. The van der Waals surface area contributed by atoms with Crippen molar-refractivity contribution in [2.24, 2.45) is 0 Å². The number of amides is 1. The quantitative estimate of drug-likeness (QED) is 0.879. The van der Waals surface area contributed by atoms with Crippen molar-refractivity contribution in [3.8, 4) is 0 Å². The molecule has 2 aromatic carbocycles. The highest BCUT2D eigenvalue weighted by molar-refractivity contribution is 6.31. The minimum absolute atomic E-state index is 0.0401. The Hall–Kier alpha value is -1.94. The van der Waals surface area contributed by atoms with E-state index in [0.29, 0.717) is 16.3 Å². The molecular formula is C14H10ClF2NO. The lowest BCUT2D eigenvalue weighted by molar-refractivity contribution is 0.102. The van der Waals surface area contributed by atoms with Crippen LogP contribution in [0.3, 0.4) is 0 Å². The first kappa shape index (κ1) is 13.5. The van der Waals surface area contributed by atoms with Gasteiger partial charge in [-0.25, -0.2) is 8.78 Å². The normalized spacial score (nSPS) is 10.3. The van der Waals surface area contributed by atoms with Gasteiger partial charge in [0.2, 0.25) is 0 Å². The number of hydrogen-bond donors (Lipinski definition) is 1. The molecule has 0 aliphatic carbocycles. The second-order valence-electron chi connectivity index (χ2n) is 4.00. The number of hydrogen-bond acceptors (Lipinski definition) is 1. The Kier molecular flexibility index (Phi) is 3.81. The molecule has 0 spiro atoms. The smallest absolute Gasteiger partial charge is 0.255 e. The van der Waals surface area contributed by atoms with Crippen molar-refractivity contribution in [2.75, 3.05) is 5.32 Å². The number of rotatable bonds is 2. The van der Waals surface area contributed by atoms with Gasteiger partial charge in [-0.2, -0.15) is 0 Å². The highest BCUT2D eigenvalue weighted by Crippen LogP contribution is 2.23. The molecule has 0 saturated heterocycles. The number of benzene rings is 2. The summed E-state index contributed by atoms with van der Waals surface area (Å²) in [6.07, 6.45) is 0. The van der Waals surface area contributed by atoms with Crippen LogP contribution < -0.4 is 5.32 Å². The highest BCUT2D eigenvalue weighted by atomic mass is 35.5. The van der Waals surface area contributed by atoms with Crippen molar-refractivity contribution in [1.82, 2.24) is 0 Å². The van der Waals surface area contributed by atoms with E-state index in [4.69, 9.17) is 11.6 Å². The SMILES string of the molecule is Cc1c(Cl)cccc1NC(=O)c1ccc(F)c(F)c1. The molecule has 2 aromatic rings. The van der Waals surface area contributed by atoms with Crippen molar-refractivity contribution in [1.29, 1.82) is 0 Å². The minimum atomic E-state index is -1.06. The van der Waals surface area contributed by atoms with Gasteiger partial charge in [-0.1, -0.05) is 17.7 Å². The fraction of sp³-hybridized carbons (Fsp3) is 0.0714. The number of nitrogens with one attached hydrogen (secondary N) is 1.